The van der Waals surface area contributed by atoms with Gasteiger partial charge in [-0.3, -0.25) is 9.69 Å². The van der Waals surface area contributed by atoms with Crippen LogP contribution in [-0.2, 0) is 9.53 Å². The number of halogens is 1. The van der Waals surface area contributed by atoms with Crippen LogP contribution in [0.2, 0.25) is 0 Å². The summed E-state index contributed by atoms with van der Waals surface area (Å²) in [5, 5.41) is 3.21. The van der Waals surface area contributed by atoms with Gasteiger partial charge in [-0.25, -0.2) is 4.39 Å². The van der Waals surface area contributed by atoms with Gasteiger partial charge in [0.1, 0.15) is 11.9 Å². The topological polar surface area (TPSA) is 44.8 Å². The zero-order valence-corrected chi connectivity index (χ0v) is 14.9. The molecule has 2 aliphatic rings. The number of amides is 1. The summed E-state index contributed by atoms with van der Waals surface area (Å²) in [6, 6.07) is 6.10. The lowest BCUT2D eigenvalue weighted by atomic mass is 9.95. The molecule has 0 spiro atoms. The average Bonchev–Trinajstić information content (AvgIpc) is 2.65. The molecule has 25 heavy (non-hydrogen) atoms. The molecule has 1 aromatic rings. The molecule has 1 N–H and O–H groups in total. The highest BCUT2D eigenvalue weighted by Crippen LogP contribution is 2.28. The van der Waals surface area contributed by atoms with Crippen molar-refractivity contribution >= 4 is 5.91 Å². The third kappa shape index (κ3) is 4.37. The Labute approximate surface area is 149 Å². The first-order valence-electron chi connectivity index (χ1n) is 9.20. The molecule has 3 rings (SSSR count). The second kappa shape index (κ2) is 8.74. The SMILES string of the molecule is CNC[C@H]1CCCN(C(=O)[C@H](c2ccccc2F)N2CCOCC2)C1. The van der Waals surface area contributed by atoms with E-state index in [9.17, 15) is 9.18 Å². The number of nitrogens with one attached hydrogen (secondary N) is 1. The minimum absolute atomic E-state index is 0.0211. The van der Waals surface area contributed by atoms with E-state index in [1.54, 1.807) is 18.2 Å². The van der Waals surface area contributed by atoms with E-state index < -0.39 is 6.04 Å². The van der Waals surface area contributed by atoms with E-state index in [0.29, 0.717) is 37.8 Å². The Morgan fingerprint density at radius 2 is 2.08 bits per heavy atom. The number of piperidine rings is 1. The van der Waals surface area contributed by atoms with Gasteiger partial charge in [0.2, 0.25) is 5.91 Å². The Bertz CT molecular complexity index is 576. The van der Waals surface area contributed by atoms with Crippen molar-refractivity contribution in [1.29, 1.82) is 0 Å². The number of benzene rings is 1. The maximum absolute atomic E-state index is 14.5. The van der Waals surface area contributed by atoms with Crippen molar-refractivity contribution in [3.63, 3.8) is 0 Å². The molecule has 2 atom stereocenters. The molecule has 6 heteroatoms. The molecule has 0 bridgehead atoms. The number of ether oxygens (including phenoxy) is 1. The standard InChI is InChI=1S/C19H28FN3O2/c1-21-13-15-5-4-8-23(14-15)19(24)18(22-9-11-25-12-10-22)16-6-2-3-7-17(16)20/h2-3,6-7,15,18,21H,4-5,8-14H2,1H3/t15-,18+/m1/s1. The molecular weight excluding hydrogens is 321 g/mol. The number of likely N-dealkylation sites (tertiary alicyclic amines) is 1. The van der Waals surface area contributed by atoms with E-state index in [4.69, 9.17) is 4.74 Å². The number of hydrogen-bond donors (Lipinski definition) is 1. The van der Waals surface area contributed by atoms with Gasteiger partial charge in [-0.2, -0.15) is 0 Å². The number of rotatable bonds is 5. The van der Waals surface area contributed by atoms with Crippen molar-refractivity contribution in [3.8, 4) is 0 Å². The molecule has 1 aromatic carbocycles. The van der Waals surface area contributed by atoms with Crippen molar-refractivity contribution in [2.45, 2.75) is 18.9 Å². The lowest BCUT2D eigenvalue weighted by Gasteiger charge is -2.39. The Kier molecular flexibility index (Phi) is 6.39. The predicted molar refractivity (Wildman–Crippen MR) is 94.8 cm³/mol. The normalized spacial score (nSPS) is 23.4. The fourth-order valence-electron chi connectivity index (χ4n) is 3.91. The molecule has 1 amide bonds. The van der Waals surface area contributed by atoms with Crippen molar-refractivity contribution in [2.24, 2.45) is 5.92 Å². The molecule has 2 heterocycles. The van der Waals surface area contributed by atoms with Crippen LogP contribution in [0.4, 0.5) is 4.39 Å². The number of carbonyl (C=O) groups is 1. The average molecular weight is 349 g/mol. The fourth-order valence-corrected chi connectivity index (χ4v) is 3.91. The van der Waals surface area contributed by atoms with E-state index >= 15 is 0 Å². The summed E-state index contributed by atoms with van der Waals surface area (Å²) in [5.74, 6) is 0.178. The lowest BCUT2D eigenvalue weighted by molar-refractivity contribution is -0.141. The van der Waals surface area contributed by atoms with Crippen molar-refractivity contribution < 1.29 is 13.9 Å². The highest BCUT2D eigenvalue weighted by Gasteiger charge is 2.35. The largest absolute Gasteiger partial charge is 0.379 e. The molecule has 5 nitrogen and oxygen atoms in total. The van der Waals surface area contributed by atoms with E-state index in [1.165, 1.54) is 6.07 Å². The van der Waals surface area contributed by atoms with Gasteiger partial charge in [0.15, 0.2) is 0 Å². The van der Waals surface area contributed by atoms with Crippen LogP contribution in [-0.4, -0.2) is 68.7 Å². The van der Waals surface area contributed by atoms with Crippen LogP contribution >= 0.6 is 0 Å². The monoisotopic (exact) mass is 349 g/mol. The summed E-state index contributed by atoms with van der Waals surface area (Å²) in [6.07, 6.45) is 2.14. The van der Waals surface area contributed by atoms with Gasteiger partial charge in [0.25, 0.3) is 0 Å². The van der Waals surface area contributed by atoms with Crippen LogP contribution in [0, 0.1) is 11.7 Å². The van der Waals surface area contributed by atoms with Crippen LogP contribution in [0.5, 0.6) is 0 Å². The Hall–Kier alpha value is -1.50. The summed E-state index contributed by atoms with van der Waals surface area (Å²) in [6.45, 7) is 4.88. The zero-order valence-electron chi connectivity index (χ0n) is 14.9. The second-order valence-corrected chi connectivity index (χ2v) is 6.92. The van der Waals surface area contributed by atoms with Gasteiger partial charge >= 0.3 is 0 Å². The number of nitrogens with zero attached hydrogens (tertiary/aromatic N) is 2. The van der Waals surface area contributed by atoms with Crippen LogP contribution in [0.15, 0.2) is 24.3 Å². The molecule has 2 aliphatic heterocycles. The second-order valence-electron chi connectivity index (χ2n) is 6.92. The van der Waals surface area contributed by atoms with Gasteiger partial charge in [-0.05, 0) is 38.4 Å². The molecule has 0 unspecified atom stereocenters. The third-order valence-corrected chi connectivity index (χ3v) is 5.17. The van der Waals surface area contributed by atoms with Gasteiger partial charge in [0, 0.05) is 31.7 Å². The summed E-state index contributed by atoms with van der Waals surface area (Å²) in [5.41, 5.74) is 0.477. The van der Waals surface area contributed by atoms with E-state index in [2.05, 4.69) is 10.2 Å². The van der Waals surface area contributed by atoms with Crippen LogP contribution in [0.3, 0.4) is 0 Å². The van der Waals surface area contributed by atoms with E-state index in [0.717, 1.165) is 32.5 Å². The van der Waals surface area contributed by atoms with Crippen molar-refractivity contribution in [3.05, 3.63) is 35.6 Å². The third-order valence-electron chi connectivity index (χ3n) is 5.17. The first-order valence-corrected chi connectivity index (χ1v) is 9.20. The Balaban J connectivity index is 1.83. The van der Waals surface area contributed by atoms with E-state index in [-0.39, 0.29) is 11.7 Å². The minimum atomic E-state index is -0.557. The van der Waals surface area contributed by atoms with Crippen LogP contribution in [0.25, 0.3) is 0 Å². The first kappa shape index (κ1) is 18.3. The van der Waals surface area contributed by atoms with E-state index in [1.807, 2.05) is 11.9 Å². The predicted octanol–water partition coefficient (Wildman–Crippen LogP) is 1.66. The summed E-state index contributed by atoms with van der Waals surface area (Å²) < 4.78 is 19.9. The van der Waals surface area contributed by atoms with Crippen molar-refractivity contribution in [2.75, 3.05) is 53.0 Å². The van der Waals surface area contributed by atoms with Crippen LogP contribution < -0.4 is 5.32 Å². The van der Waals surface area contributed by atoms with Crippen molar-refractivity contribution in [1.82, 2.24) is 15.1 Å². The summed E-state index contributed by atoms with van der Waals surface area (Å²) in [4.78, 5) is 17.3. The number of morpholine rings is 1. The highest BCUT2D eigenvalue weighted by molar-refractivity contribution is 5.83. The Morgan fingerprint density at radius 3 is 2.80 bits per heavy atom. The van der Waals surface area contributed by atoms with Gasteiger partial charge in [0.05, 0.1) is 13.2 Å². The molecule has 0 radical (unpaired) electrons. The zero-order chi connectivity index (χ0) is 17.6. The first-order chi connectivity index (χ1) is 12.2. The van der Waals surface area contributed by atoms with Gasteiger partial charge in [-0.15, -0.1) is 0 Å². The van der Waals surface area contributed by atoms with Gasteiger partial charge in [-0.1, -0.05) is 18.2 Å². The lowest BCUT2D eigenvalue weighted by Crippen LogP contribution is -2.50. The number of hydrogen-bond acceptors (Lipinski definition) is 4. The molecule has 2 fully saturated rings. The van der Waals surface area contributed by atoms with Crippen LogP contribution in [0.1, 0.15) is 24.4 Å². The molecule has 138 valence electrons. The fraction of sp³-hybridized carbons (Fsp3) is 0.632. The molecule has 0 aromatic heterocycles. The Morgan fingerprint density at radius 1 is 1.32 bits per heavy atom. The maximum Gasteiger partial charge on any atom is 0.244 e. The quantitative estimate of drug-likeness (QED) is 0.878. The minimum Gasteiger partial charge on any atom is -0.379 e. The highest BCUT2D eigenvalue weighted by atomic mass is 19.1. The molecule has 0 saturated carbocycles. The molecule has 0 aliphatic carbocycles. The molecule has 2 saturated heterocycles. The summed E-state index contributed by atoms with van der Waals surface area (Å²) >= 11 is 0. The number of carbonyl (C=O) groups excluding carboxylic acids is 1. The van der Waals surface area contributed by atoms with Gasteiger partial charge < -0.3 is 15.0 Å². The maximum atomic E-state index is 14.5. The molecular formula is C19H28FN3O2. The smallest absolute Gasteiger partial charge is 0.244 e. The summed E-state index contributed by atoms with van der Waals surface area (Å²) in [7, 11) is 1.94.